The first kappa shape index (κ1) is 21.5. The van der Waals surface area contributed by atoms with Crippen LogP contribution in [0.2, 0.25) is 0 Å². The van der Waals surface area contributed by atoms with Gasteiger partial charge in [0.05, 0.1) is 22.8 Å². The summed E-state index contributed by atoms with van der Waals surface area (Å²) in [6.45, 7) is 0.570. The molecule has 34 heavy (non-hydrogen) atoms. The predicted molar refractivity (Wildman–Crippen MR) is 134 cm³/mol. The summed E-state index contributed by atoms with van der Waals surface area (Å²) in [6.07, 6.45) is 3.71. The Hall–Kier alpha value is -4.36. The SMILES string of the molecule is NC(=O)c1ccc(-n2c3ccccc3c3c(-c4cncc(O)c4)cccc32)cc1NCCCO. The minimum atomic E-state index is -0.515. The maximum absolute atomic E-state index is 12.0. The molecule has 0 saturated carbocycles. The topological polar surface area (TPSA) is 113 Å². The molecule has 0 spiro atoms. The normalized spacial score (nSPS) is 11.2. The van der Waals surface area contributed by atoms with E-state index in [1.165, 1.54) is 6.20 Å². The minimum absolute atomic E-state index is 0.0537. The van der Waals surface area contributed by atoms with Gasteiger partial charge < -0.3 is 25.8 Å². The van der Waals surface area contributed by atoms with Crippen LogP contribution in [-0.4, -0.2) is 38.8 Å². The standard InChI is InChI=1S/C27H24N4O3/c28-27(34)21-10-9-18(14-23(21)30-11-4-12-32)31-24-7-2-1-5-22(24)26-20(6-3-8-25(26)31)17-13-19(33)16-29-15-17/h1-3,5-10,13-16,30,32-33H,4,11-12H2,(H2,28,34). The van der Waals surface area contributed by atoms with Gasteiger partial charge in [-0.3, -0.25) is 9.78 Å². The molecule has 0 aliphatic rings. The number of aromatic hydroxyl groups is 1. The number of anilines is 1. The van der Waals surface area contributed by atoms with Crippen molar-refractivity contribution in [1.82, 2.24) is 9.55 Å². The number of hydrogen-bond donors (Lipinski definition) is 4. The van der Waals surface area contributed by atoms with Crippen LogP contribution in [0.5, 0.6) is 5.75 Å². The highest BCUT2D eigenvalue weighted by molar-refractivity contribution is 6.15. The smallest absolute Gasteiger partial charge is 0.250 e. The molecule has 0 saturated heterocycles. The van der Waals surface area contributed by atoms with Gasteiger partial charge in [0, 0.05) is 47.1 Å². The second-order valence-electron chi connectivity index (χ2n) is 8.08. The monoisotopic (exact) mass is 452 g/mol. The molecule has 0 aliphatic heterocycles. The van der Waals surface area contributed by atoms with Gasteiger partial charge in [0.25, 0.3) is 5.91 Å². The van der Waals surface area contributed by atoms with Crippen LogP contribution in [0.25, 0.3) is 38.6 Å². The lowest BCUT2D eigenvalue weighted by molar-refractivity contribution is 0.100. The summed E-state index contributed by atoms with van der Waals surface area (Å²) in [7, 11) is 0. The number of aliphatic hydroxyl groups excluding tert-OH is 1. The highest BCUT2D eigenvalue weighted by Crippen LogP contribution is 2.39. The minimum Gasteiger partial charge on any atom is -0.506 e. The average molecular weight is 453 g/mol. The number of nitrogens with two attached hydrogens (primary N) is 1. The van der Waals surface area contributed by atoms with E-state index in [4.69, 9.17) is 10.8 Å². The molecule has 0 radical (unpaired) electrons. The number of carbonyl (C=O) groups excluding carboxylic acids is 1. The number of nitrogens with zero attached hydrogens (tertiary/aromatic N) is 2. The number of carbonyl (C=O) groups is 1. The number of fused-ring (bicyclic) bond motifs is 3. The number of pyridine rings is 1. The van der Waals surface area contributed by atoms with E-state index < -0.39 is 5.91 Å². The molecule has 7 nitrogen and oxygen atoms in total. The Morgan fingerprint density at radius 3 is 2.62 bits per heavy atom. The Balaban J connectivity index is 1.77. The van der Waals surface area contributed by atoms with Gasteiger partial charge in [-0.05, 0) is 48.4 Å². The Bertz CT molecular complexity index is 1520. The molecule has 0 bridgehead atoms. The summed E-state index contributed by atoms with van der Waals surface area (Å²) in [5, 5.41) is 24.5. The maximum Gasteiger partial charge on any atom is 0.250 e. The fourth-order valence-electron chi connectivity index (χ4n) is 4.45. The van der Waals surface area contributed by atoms with Gasteiger partial charge in [0.2, 0.25) is 0 Å². The molecule has 7 heteroatoms. The number of amides is 1. The third kappa shape index (κ3) is 3.72. The highest BCUT2D eigenvalue weighted by Gasteiger charge is 2.17. The largest absolute Gasteiger partial charge is 0.506 e. The Morgan fingerprint density at radius 1 is 1.00 bits per heavy atom. The van der Waals surface area contributed by atoms with E-state index in [9.17, 15) is 9.90 Å². The van der Waals surface area contributed by atoms with Crippen molar-refractivity contribution in [2.24, 2.45) is 5.73 Å². The molecular formula is C27H24N4O3. The number of benzene rings is 3. The number of aromatic nitrogens is 2. The third-order valence-corrected chi connectivity index (χ3v) is 5.91. The summed E-state index contributed by atoms with van der Waals surface area (Å²) in [4.78, 5) is 16.2. The van der Waals surface area contributed by atoms with Crippen LogP contribution in [0.15, 0.2) is 79.1 Å². The Kier molecular flexibility index (Phi) is 5.61. The molecule has 2 aromatic heterocycles. The molecule has 0 unspecified atom stereocenters. The van der Waals surface area contributed by atoms with Crippen LogP contribution < -0.4 is 11.1 Å². The summed E-state index contributed by atoms with van der Waals surface area (Å²) in [5.41, 5.74) is 11.3. The van der Waals surface area contributed by atoms with Crippen LogP contribution >= 0.6 is 0 Å². The van der Waals surface area contributed by atoms with Crippen molar-refractivity contribution < 1.29 is 15.0 Å². The van der Waals surface area contributed by atoms with Crippen molar-refractivity contribution in [3.63, 3.8) is 0 Å². The fourth-order valence-corrected chi connectivity index (χ4v) is 4.45. The van der Waals surface area contributed by atoms with E-state index in [0.29, 0.717) is 24.2 Å². The molecule has 3 aromatic carbocycles. The number of rotatable bonds is 7. The summed E-state index contributed by atoms with van der Waals surface area (Å²) in [6, 6.07) is 21.4. The lowest BCUT2D eigenvalue weighted by atomic mass is 10.0. The van der Waals surface area contributed by atoms with Crippen LogP contribution in [0, 0.1) is 0 Å². The molecule has 170 valence electrons. The molecule has 5 N–H and O–H groups in total. The Morgan fingerprint density at radius 2 is 1.82 bits per heavy atom. The van der Waals surface area contributed by atoms with Crippen molar-refractivity contribution in [1.29, 1.82) is 0 Å². The number of hydrogen-bond acceptors (Lipinski definition) is 5. The summed E-state index contributed by atoms with van der Waals surface area (Å²) >= 11 is 0. The maximum atomic E-state index is 12.0. The van der Waals surface area contributed by atoms with Gasteiger partial charge in [0.15, 0.2) is 0 Å². The van der Waals surface area contributed by atoms with Gasteiger partial charge in [-0.15, -0.1) is 0 Å². The number of nitrogens with one attached hydrogen (secondary N) is 1. The van der Waals surface area contributed by atoms with Crippen LogP contribution in [0.3, 0.4) is 0 Å². The van der Waals surface area contributed by atoms with E-state index in [0.717, 1.165) is 38.6 Å². The van der Waals surface area contributed by atoms with E-state index >= 15 is 0 Å². The van der Waals surface area contributed by atoms with Crippen LogP contribution in [-0.2, 0) is 0 Å². The first-order valence-electron chi connectivity index (χ1n) is 11.0. The second kappa shape index (κ2) is 8.88. The summed E-state index contributed by atoms with van der Waals surface area (Å²) < 4.78 is 2.15. The number of primary amides is 1. The van der Waals surface area contributed by atoms with Gasteiger partial charge >= 0.3 is 0 Å². The second-order valence-corrected chi connectivity index (χ2v) is 8.08. The summed E-state index contributed by atoms with van der Waals surface area (Å²) in [5.74, 6) is -0.405. The highest BCUT2D eigenvalue weighted by atomic mass is 16.3. The van der Waals surface area contributed by atoms with Gasteiger partial charge in [-0.2, -0.15) is 0 Å². The first-order valence-corrected chi connectivity index (χ1v) is 11.0. The molecule has 0 fully saturated rings. The molecule has 5 aromatic rings. The predicted octanol–water partition coefficient (Wildman–Crippen LogP) is 4.44. The Labute approximate surface area is 196 Å². The van der Waals surface area contributed by atoms with E-state index in [-0.39, 0.29) is 12.4 Å². The zero-order chi connectivity index (χ0) is 23.7. The fraction of sp³-hybridized carbons (Fsp3) is 0.111. The van der Waals surface area contributed by atoms with E-state index in [2.05, 4.69) is 33.1 Å². The third-order valence-electron chi connectivity index (χ3n) is 5.91. The lowest BCUT2D eigenvalue weighted by Crippen LogP contribution is -2.15. The van der Waals surface area contributed by atoms with Gasteiger partial charge in [-0.1, -0.05) is 30.3 Å². The number of aliphatic hydroxyl groups is 1. The van der Waals surface area contributed by atoms with Gasteiger partial charge in [0.1, 0.15) is 5.75 Å². The average Bonchev–Trinajstić information content (AvgIpc) is 3.18. The molecule has 5 rings (SSSR count). The van der Waals surface area contributed by atoms with Gasteiger partial charge in [-0.25, -0.2) is 0 Å². The lowest BCUT2D eigenvalue weighted by Gasteiger charge is -2.14. The van der Waals surface area contributed by atoms with Crippen molar-refractivity contribution in [3.8, 4) is 22.6 Å². The molecular weight excluding hydrogens is 428 g/mol. The molecule has 2 heterocycles. The van der Waals surface area contributed by atoms with Crippen LogP contribution in [0.1, 0.15) is 16.8 Å². The van der Waals surface area contributed by atoms with Crippen molar-refractivity contribution >= 4 is 33.4 Å². The quantitative estimate of drug-likeness (QED) is 0.273. The molecule has 0 atom stereocenters. The molecule has 1 amide bonds. The van der Waals surface area contributed by atoms with Crippen molar-refractivity contribution in [2.75, 3.05) is 18.5 Å². The van der Waals surface area contributed by atoms with Crippen LogP contribution in [0.4, 0.5) is 5.69 Å². The zero-order valence-corrected chi connectivity index (χ0v) is 18.4. The first-order chi connectivity index (χ1) is 16.6. The van der Waals surface area contributed by atoms with E-state index in [1.807, 2.05) is 36.4 Å². The zero-order valence-electron chi connectivity index (χ0n) is 18.4. The van der Waals surface area contributed by atoms with Crippen molar-refractivity contribution in [2.45, 2.75) is 6.42 Å². The molecule has 0 aliphatic carbocycles. The number of para-hydroxylation sites is 1. The van der Waals surface area contributed by atoms with Crippen molar-refractivity contribution in [3.05, 3.63) is 84.7 Å². The van der Waals surface area contributed by atoms with E-state index in [1.54, 1.807) is 18.3 Å².